The Labute approximate surface area is 181 Å². The molecule has 0 amide bonds. The van der Waals surface area contributed by atoms with Crippen molar-refractivity contribution in [1.82, 2.24) is 19.7 Å². The number of aromatic nitrogens is 4. The first-order valence-corrected chi connectivity index (χ1v) is 11.6. The molecule has 2 N–H and O–H groups in total. The van der Waals surface area contributed by atoms with Crippen LogP contribution in [0.25, 0.3) is 11.0 Å². The summed E-state index contributed by atoms with van der Waals surface area (Å²) in [6.45, 7) is 2.17. The summed E-state index contributed by atoms with van der Waals surface area (Å²) >= 11 is 0. The van der Waals surface area contributed by atoms with Crippen LogP contribution in [0.4, 0.5) is 17.3 Å². The van der Waals surface area contributed by atoms with Gasteiger partial charge in [-0.05, 0) is 42.7 Å². The van der Waals surface area contributed by atoms with Crippen LogP contribution in [0, 0.1) is 0 Å². The Kier molecular flexibility index (Phi) is 5.85. The number of benzene rings is 2. The molecule has 4 rings (SSSR count). The molecule has 0 unspecified atom stereocenters. The number of rotatable bonds is 8. The molecule has 0 fully saturated rings. The van der Waals surface area contributed by atoms with Crippen molar-refractivity contribution in [1.29, 1.82) is 0 Å². The molecule has 0 aliphatic rings. The molecule has 0 spiro atoms. The van der Waals surface area contributed by atoms with Crippen molar-refractivity contribution in [3.05, 3.63) is 66.5 Å². The van der Waals surface area contributed by atoms with E-state index in [0.717, 1.165) is 24.9 Å². The van der Waals surface area contributed by atoms with Crippen LogP contribution in [0.15, 0.2) is 65.8 Å². The van der Waals surface area contributed by atoms with Crippen LogP contribution in [0.5, 0.6) is 0 Å². The molecule has 0 saturated heterocycles. The SMILES string of the molecule is CCCCc1ccc(Nc2nc3ccccc3nc2NS(=O)(=O)c2cnn(C)c2)cc1. The average molecular weight is 437 g/mol. The van der Waals surface area contributed by atoms with Crippen LogP contribution >= 0.6 is 0 Å². The predicted octanol–water partition coefficient (Wildman–Crippen LogP) is 4.25. The lowest BCUT2D eigenvalue weighted by atomic mass is 10.1. The zero-order chi connectivity index (χ0) is 21.8. The molecule has 8 nitrogen and oxygen atoms in total. The lowest BCUT2D eigenvalue weighted by Crippen LogP contribution is -2.15. The molecular weight excluding hydrogens is 412 g/mol. The molecule has 0 atom stereocenters. The fraction of sp³-hybridized carbons (Fsp3) is 0.227. The predicted molar refractivity (Wildman–Crippen MR) is 122 cm³/mol. The van der Waals surface area contributed by atoms with E-state index in [0.29, 0.717) is 16.9 Å². The number of nitrogens with zero attached hydrogens (tertiary/aromatic N) is 4. The van der Waals surface area contributed by atoms with Gasteiger partial charge in [-0.2, -0.15) is 5.10 Å². The number of fused-ring (bicyclic) bond motifs is 1. The van der Waals surface area contributed by atoms with Crippen LogP contribution in [-0.2, 0) is 23.5 Å². The average Bonchev–Trinajstić information content (AvgIpc) is 3.21. The molecule has 0 saturated carbocycles. The molecule has 4 aromatic rings. The maximum atomic E-state index is 12.8. The Morgan fingerprint density at radius 3 is 2.26 bits per heavy atom. The van der Waals surface area contributed by atoms with Gasteiger partial charge in [0.05, 0.1) is 17.2 Å². The van der Waals surface area contributed by atoms with Gasteiger partial charge in [-0.15, -0.1) is 0 Å². The van der Waals surface area contributed by atoms with Gasteiger partial charge in [0.25, 0.3) is 10.0 Å². The number of aryl methyl sites for hydroxylation is 2. The molecule has 9 heteroatoms. The Bertz CT molecular complexity index is 1300. The Morgan fingerprint density at radius 1 is 0.968 bits per heavy atom. The molecular formula is C22H24N6O2S. The molecule has 31 heavy (non-hydrogen) atoms. The van der Waals surface area contributed by atoms with Crippen LogP contribution in [0.2, 0.25) is 0 Å². The Hall–Kier alpha value is -3.46. The highest BCUT2D eigenvalue weighted by Gasteiger charge is 2.20. The summed E-state index contributed by atoms with van der Waals surface area (Å²) in [6, 6.07) is 15.4. The number of anilines is 3. The number of nitrogens with one attached hydrogen (secondary N) is 2. The summed E-state index contributed by atoms with van der Waals surface area (Å²) in [5.41, 5.74) is 3.31. The van der Waals surface area contributed by atoms with Crippen molar-refractivity contribution in [3.8, 4) is 0 Å². The van der Waals surface area contributed by atoms with E-state index in [4.69, 9.17) is 0 Å². The maximum Gasteiger partial charge on any atom is 0.266 e. The number of hydrogen-bond acceptors (Lipinski definition) is 6. The quantitative estimate of drug-likeness (QED) is 0.428. The van der Waals surface area contributed by atoms with E-state index in [-0.39, 0.29) is 10.7 Å². The number of hydrogen-bond donors (Lipinski definition) is 2. The smallest absolute Gasteiger partial charge is 0.266 e. The maximum absolute atomic E-state index is 12.8. The third kappa shape index (κ3) is 4.83. The van der Waals surface area contributed by atoms with Gasteiger partial charge in [0.15, 0.2) is 11.6 Å². The fourth-order valence-electron chi connectivity index (χ4n) is 3.15. The fourth-order valence-corrected chi connectivity index (χ4v) is 4.15. The summed E-state index contributed by atoms with van der Waals surface area (Å²) < 4.78 is 29.7. The van der Waals surface area contributed by atoms with Gasteiger partial charge < -0.3 is 5.32 Å². The summed E-state index contributed by atoms with van der Waals surface area (Å²) in [7, 11) is -2.21. The standard InChI is InChI=1S/C22H24N6O2S/c1-3-4-7-16-10-12-17(13-11-16)24-21-22(26-20-9-6-5-8-19(20)25-21)27-31(29,30)18-14-23-28(2)15-18/h5-6,8-15H,3-4,7H2,1-2H3,(H,24,25)(H,26,27). The lowest BCUT2D eigenvalue weighted by molar-refractivity contribution is 0.601. The van der Waals surface area contributed by atoms with E-state index in [2.05, 4.69) is 44.2 Å². The highest BCUT2D eigenvalue weighted by Crippen LogP contribution is 2.27. The van der Waals surface area contributed by atoms with E-state index < -0.39 is 10.0 Å². The van der Waals surface area contributed by atoms with E-state index in [1.54, 1.807) is 13.1 Å². The number of sulfonamides is 1. The number of para-hydroxylation sites is 2. The summed E-state index contributed by atoms with van der Waals surface area (Å²) in [5, 5.41) is 7.15. The molecule has 2 aromatic heterocycles. The molecule has 2 aromatic carbocycles. The third-order valence-electron chi connectivity index (χ3n) is 4.83. The Balaban J connectivity index is 1.68. The summed E-state index contributed by atoms with van der Waals surface area (Å²) in [4.78, 5) is 9.16. The van der Waals surface area contributed by atoms with Gasteiger partial charge in [0.1, 0.15) is 4.90 Å². The van der Waals surface area contributed by atoms with Crippen LogP contribution in [-0.4, -0.2) is 28.2 Å². The van der Waals surface area contributed by atoms with E-state index >= 15 is 0 Å². The van der Waals surface area contributed by atoms with Crippen LogP contribution in [0.1, 0.15) is 25.3 Å². The van der Waals surface area contributed by atoms with E-state index in [1.807, 2.05) is 30.3 Å². The second-order valence-electron chi connectivity index (χ2n) is 7.29. The van der Waals surface area contributed by atoms with Gasteiger partial charge >= 0.3 is 0 Å². The molecule has 160 valence electrons. The van der Waals surface area contributed by atoms with E-state index in [1.165, 1.54) is 22.6 Å². The van der Waals surface area contributed by atoms with Crippen LogP contribution in [0.3, 0.4) is 0 Å². The minimum atomic E-state index is -3.87. The second-order valence-corrected chi connectivity index (χ2v) is 8.97. The van der Waals surface area contributed by atoms with Crippen molar-refractivity contribution < 1.29 is 8.42 Å². The number of unbranched alkanes of at least 4 members (excludes halogenated alkanes) is 1. The van der Waals surface area contributed by atoms with Gasteiger partial charge in [-0.1, -0.05) is 37.6 Å². The monoisotopic (exact) mass is 436 g/mol. The first-order chi connectivity index (χ1) is 14.9. The van der Waals surface area contributed by atoms with Crippen molar-refractivity contribution in [2.45, 2.75) is 31.1 Å². The highest BCUT2D eigenvalue weighted by atomic mass is 32.2. The highest BCUT2D eigenvalue weighted by molar-refractivity contribution is 7.92. The van der Waals surface area contributed by atoms with E-state index in [9.17, 15) is 8.42 Å². The van der Waals surface area contributed by atoms with Gasteiger partial charge in [0.2, 0.25) is 0 Å². The summed E-state index contributed by atoms with van der Waals surface area (Å²) in [6.07, 6.45) is 6.04. The zero-order valence-electron chi connectivity index (χ0n) is 17.4. The van der Waals surface area contributed by atoms with Crippen molar-refractivity contribution in [3.63, 3.8) is 0 Å². The topological polar surface area (TPSA) is 102 Å². The molecule has 0 bridgehead atoms. The largest absolute Gasteiger partial charge is 0.337 e. The second kappa shape index (κ2) is 8.73. The third-order valence-corrected chi connectivity index (χ3v) is 6.12. The first kappa shape index (κ1) is 20.8. The summed E-state index contributed by atoms with van der Waals surface area (Å²) in [5.74, 6) is 0.449. The van der Waals surface area contributed by atoms with Gasteiger partial charge in [-0.3, -0.25) is 9.40 Å². The molecule has 0 radical (unpaired) electrons. The van der Waals surface area contributed by atoms with Gasteiger partial charge in [-0.25, -0.2) is 18.4 Å². The molecule has 0 aliphatic carbocycles. The van der Waals surface area contributed by atoms with Crippen LogP contribution < -0.4 is 10.0 Å². The normalized spacial score (nSPS) is 11.5. The lowest BCUT2D eigenvalue weighted by Gasteiger charge is -2.13. The Morgan fingerprint density at radius 2 is 1.65 bits per heavy atom. The van der Waals surface area contributed by atoms with Crippen molar-refractivity contribution >= 4 is 38.4 Å². The van der Waals surface area contributed by atoms with Crippen molar-refractivity contribution in [2.75, 3.05) is 10.0 Å². The minimum absolute atomic E-state index is 0.0520. The minimum Gasteiger partial charge on any atom is -0.337 e. The van der Waals surface area contributed by atoms with Gasteiger partial charge in [0, 0.05) is 18.9 Å². The first-order valence-electron chi connectivity index (χ1n) is 10.1. The molecule has 2 heterocycles. The molecule has 0 aliphatic heterocycles. The zero-order valence-corrected chi connectivity index (χ0v) is 18.2. The van der Waals surface area contributed by atoms with Crippen molar-refractivity contribution in [2.24, 2.45) is 7.05 Å².